The van der Waals surface area contributed by atoms with Gasteiger partial charge >= 0.3 is 0 Å². The molecule has 1 unspecified atom stereocenters. The van der Waals surface area contributed by atoms with E-state index in [9.17, 15) is 0 Å². The zero-order chi connectivity index (χ0) is 15.1. The topological polar surface area (TPSA) is 12.0 Å². The molecule has 0 rings (SSSR count). The summed E-state index contributed by atoms with van der Waals surface area (Å²) in [6, 6.07) is 0.738. The van der Waals surface area contributed by atoms with Crippen molar-refractivity contribution in [3.8, 4) is 0 Å². The van der Waals surface area contributed by atoms with Crippen LogP contribution in [0.25, 0.3) is 0 Å². The predicted molar refractivity (Wildman–Crippen MR) is 96.9 cm³/mol. The van der Waals surface area contributed by atoms with Crippen LogP contribution in [-0.2, 0) is 0 Å². The summed E-state index contributed by atoms with van der Waals surface area (Å²) in [6.45, 7) is 10.3. The Morgan fingerprint density at radius 3 is 1.95 bits per heavy atom. The number of thioether (sulfide) groups is 1. The van der Waals surface area contributed by atoms with Crippen LogP contribution in [0.5, 0.6) is 0 Å². The molecule has 0 saturated heterocycles. The molecular weight excluding hydrogens is 262 g/mol. The molecule has 0 aromatic carbocycles. The molecule has 0 saturated carbocycles. The summed E-state index contributed by atoms with van der Waals surface area (Å²) in [5, 5.41) is 4.49. The van der Waals surface area contributed by atoms with Crippen molar-refractivity contribution >= 4 is 11.8 Å². The van der Waals surface area contributed by atoms with Crippen molar-refractivity contribution in [3.63, 3.8) is 0 Å². The van der Waals surface area contributed by atoms with E-state index < -0.39 is 0 Å². The minimum Gasteiger partial charge on any atom is -0.313 e. The van der Waals surface area contributed by atoms with Gasteiger partial charge in [-0.2, -0.15) is 11.8 Å². The van der Waals surface area contributed by atoms with Gasteiger partial charge in [-0.05, 0) is 24.6 Å². The van der Waals surface area contributed by atoms with E-state index >= 15 is 0 Å². The summed E-state index contributed by atoms with van der Waals surface area (Å²) < 4.78 is 0. The average Bonchev–Trinajstić information content (AvgIpc) is 2.43. The highest BCUT2D eigenvalue weighted by atomic mass is 32.2. The SMILES string of the molecule is CCCCCCCCCCC(CSC(C)C)NCCC. The molecule has 1 N–H and O–H groups in total. The minimum atomic E-state index is 0.738. The van der Waals surface area contributed by atoms with Crippen molar-refractivity contribution in [1.29, 1.82) is 0 Å². The fraction of sp³-hybridized carbons (Fsp3) is 1.00. The molecule has 0 radical (unpaired) electrons. The molecule has 0 aliphatic rings. The van der Waals surface area contributed by atoms with Crippen LogP contribution < -0.4 is 5.32 Å². The van der Waals surface area contributed by atoms with E-state index in [0.29, 0.717) is 0 Å². The van der Waals surface area contributed by atoms with Crippen LogP contribution in [0, 0.1) is 0 Å². The van der Waals surface area contributed by atoms with Crippen LogP contribution in [0.2, 0.25) is 0 Å². The maximum absolute atomic E-state index is 3.72. The lowest BCUT2D eigenvalue weighted by Crippen LogP contribution is -2.32. The van der Waals surface area contributed by atoms with Crippen LogP contribution in [0.3, 0.4) is 0 Å². The third-order valence-corrected chi connectivity index (χ3v) is 4.98. The Balaban J connectivity index is 3.52. The molecule has 1 nitrogen and oxygen atoms in total. The summed E-state index contributed by atoms with van der Waals surface area (Å²) >= 11 is 2.10. The van der Waals surface area contributed by atoms with Crippen LogP contribution in [-0.4, -0.2) is 23.6 Å². The van der Waals surface area contributed by atoms with Crippen molar-refractivity contribution in [3.05, 3.63) is 0 Å². The second-order valence-corrected chi connectivity index (χ2v) is 7.91. The number of unbranched alkanes of at least 4 members (excludes halogenated alkanes) is 7. The highest BCUT2D eigenvalue weighted by Gasteiger charge is 2.08. The van der Waals surface area contributed by atoms with Gasteiger partial charge in [0.05, 0.1) is 0 Å². The molecular formula is C18H39NS. The van der Waals surface area contributed by atoms with Gasteiger partial charge < -0.3 is 5.32 Å². The Kier molecular flexibility index (Phi) is 15.9. The summed E-state index contributed by atoms with van der Waals surface area (Å²) in [5.41, 5.74) is 0. The Labute approximate surface area is 133 Å². The van der Waals surface area contributed by atoms with Gasteiger partial charge in [-0.1, -0.05) is 79.1 Å². The van der Waals surface area contributed by atoms with Crippen LogP contribution in [0.1, 0.15) is 91.9 Å². The molecule has 0 aliphatic carbocycles. The molecule has 20 heavy (non-hydrogen) atoms. The highest BCUT2D eigenvalue weighted by molar-refractivity contribution is 7.99. The Bertz CT molecular complexity index is 182. The second-order valence-electron chi connectivity index (χ2n) is 6.30. The Hall–Kier alpha value is 0.310. The zero-order valence-electron chi connectivity index (χ0n) is 14.5. The summed E-state index contributed by atoms with van der Waals surface area (Å²) in [5.74, 6) is 1.29. The average molecular weight is 302 g/mol. The van der Waals surface area contributed by atoms with Crippen LogP contribution in [0.15, 0.2) is 0 Å². The predicted octanol–water partition coefficient (Wildman–Crippen LogP) is 6.03. The first-order valence-corrected chi connectivity index (χ1v) is 10.1. The number of rotatable bonds is 15. The number of hydrogen-bond donors (Lipinski definition) is 1. The molecule has 0 aromatic heterocycles. The molecule has 122 valence electrons. The maximum atomic E-state index is 3.72. The molecule has 1 atom stereocenters. The lowest BCUT2D eigenvalue weighted by molar-refractivity contribution is 0.481. The largest absolute Gasteiger partial charge is 0.313 e. The lowest BCUT2D eigenvalue weighted by atomic mass is 10.1. The van der Waals surface area contributed by atoms with E-state index in [1.54, 1.807) is 0 Å². The molecule has 0 spiro atoms. The standard InChI is InChI=1S/C18H39NS/c1-5-7-8-9-10-11-12-13-14-18(19-15-6-2)16-20-17(3)4/h17-19H,5-16H2,1-4H3. The molecule has 0 amide bonds. The summed E-state index contributed by atoms with van der Waals surface area (Å²) in [6.07, 6.45) is 14.0. The lowest BCUT2D eigenvalue weighted by Gasteiger charge is -2.19. The molecule has 0 aliphatic heterocycles. The summed E-state index contributed by atoms with van der Waals surface area (Å²) in [7, 11) is 0. The molecule has 0 bridgehead atoms. The second kappa shape index (κ2) is 15.7. The molecule has 0 aromatic rings. The van der Waals surface area contributed by atoms with Gasteiger partial charge in [0.2, 0.25) is 0 Å². The minimum absolute atomic E-state index is 0.738. The van der Waals surface area contributed by atoms with E-state index in [4.69, 9.17) is 0 Å². The van der Waals surface area contributed by atoms with Gasteiger partial charge in [0.15, 0.2) is 0 Å². The van der Waals surface area contributed by atoms with Crippen molar-refractivity contribution in [1.82, 2.24) is 5.32 Å². The molecule has 0 heterocycles. The van der Waals surface area contributed by atoms with Gasteiger partial charge in [-0.15, -0.1) is 0 Å². The smallest absolute Gasteiger partial charge is 0.0158 e. The van der Waals surface area contributed by atoms with Crippen molar-refractivity contribution in [2.24, 2.45) is 0 Å². The molecule has 0 fully saturated rings. The zero-order valence-corrected chi connectivity index (χ0v) is 15.4. The first-order chi connectivity index (χ1) is 9.70. The van der Waals surface area contributed by atoms with E-state index in [2.05, 4.69) is 44.8 Å². The van der Waals surface area contributed by atoms with Crippen molar-refractivity contribution in [2.75, 3.05) is 12.3 Å². The third kappa shape index (κ3) is 14.7. The number of hydrogen-bond acceptors (Lipinski definition) is 2. The van der Waals surface area contributed by atoms with Crippen molar-refractivity contribution < 1.29 is 0 Å². The van der Waals surface area contributed by atoms with E-state index in [1.807, 2.05) is 0 Å². The third-order valence-electron chi connectivity index (χ3n) is 3.72. The van der Waals surface area contributed by atoms with Crippen molar-refractivity contribution in [2.45, 2.75) is 103 Å². The fourth-order valence-corrected chi connectivity index (χ4v) is 3.33. The first-order valence-electron chi connectivity index (χ1n) is 9.05. The fourth-order valence-electron chi connectivity index (χ4n) is 2.43. The normalized spacial score (nSPS) is 13.1. The highest BCUT2D eigenvalue weighted by Crippen LogP contribution is 2.15. The van der Waals surface area contributed by atoms with E-state index in [-0.39, 0.29) is 0 Å². The van der Waals surface area contributed by atoms with Crippen LogP contribution >= 0.6 is 11.8 Å². The quantitative estimate of drug-likeness (QED) is 0.371. The van der Waals surface area contributed by atoms with Gasteiger partial charge in [-0.3, -0.25) is 0 Å². The van der Waals surface area contributed by atoms with Gasteiger partial charge in [0.25, 0.3) is 0 Å². The Morgan fingerprint density at radius 1 is 0.800 bits per heavy atom. The number of nitrogens with one attached hydrogen (secondary N) is 1. The summed E-state index contributed by atoms with van der Waals surface area (Å²) in [4.78, 5) is 0. The maximum Gasteiger partial charge on any atom is 0.0158 e. The van der Waals surface area contributed by atoms with Gasteiger partial charge in [0.1, 0.15) is 0 Å². The Morgan fingerprint density at radius 2 is 1.40 bits per heavy atom. The first kappa shape index (κ1) is 20.3. The van der Waals surface area contributed by atoms with E-state index in [1.165, 1.54) is 76.5 Å². The van der Waals surface area contributed by atoms with Gasteiger partial charge in [-0.25, -0.2) is 0 Å². The van der Waals surface area contributed by atoms with Crippen LogP contribution in [0.4, 0.5) is 0 Å². The monoisotopic (exact) mass is 301 g/mol. The van der Waals surface area contributed by atoms with Gasteiger partial charge in [0, 0.05) is 11.8 Å². The molecule has 2 heteroatoms. The van der Waals surface area contributed by atoms with E-state index in [0.717, 1.165) is 11.3 Å².